The first-order chi connectivity index (χ1) is 9.83. The predicted molar refractivity (Wildman–Crippen MR) is 82.3 cm³/mol. The smallest absolute Gasteiger partial charge is 0.141 e. The lowest BCUT2D eigenvalue weighted by molar-refractivity contribution is 0.268. The maximum atomic E-state index is 9.53. The Labute approximate surface area is 120 Å². The van der Waals surface area contributed by atoms with E-state index in [1.165, 1.54) is 5.56 Å². The van der Waals surface area contributed by atoms with Crippen molar-refractivity contribution >= 4 is 5.69 Å². The third-order valence-electron chi connectivity index (χ3n) is 3.31. The summed E-state index contributed by atoms with van der Waals surface area (Å²) < 4.78 is 5.31. The van der Waals surface area contributed by atoms with Crippen LogP contribution in [0.2, 0.25) is 0 Å². The normalized spacial score (nSPS) is 11.9. The monoisotopic (exact) mass is 271 g/mol. The van der Waals surface area contributed by atoms with E-state index in [4.69, 9.17) is 4.74 Å². The summed E-state index contributed by atoms with van der Waals surface area (Å²) in [6.45, 7) is 0.102. The average Bonchev–Trinajstić information content (AvgIpc) is 2.52. The van der Waals surface area contributed by atoms with Crippen LogP contribution >= 0.6 is 0 Å². The van der Waals surface area contributed by atoms with Gasteiger partial charge in [-0.1, -0.05) is 42.5 Å². The first-order valence-corrected chi connectivity index (χ1v) is 6.88. The van der Waals surface area contributed by atoms with Crippen molar-refractivity contribution in [3.63, 3.8) is 0 Å². The topological polar surface area (TPSA) is 41.5 Å². The highest BCUT2D eigenvalue weighted by molar-refractivity contribution is 5.56. The molecule has 0 heterocycles. The third-order valence-corrected chi connectivity index (χ3v) is 3.31. The fourth-order valence-electron chi connectivity index (χ4n) is 2.18. The molecule has 0 amide bonds. The number of benzene rings is 2. The zero-order chi connectivity index (χ0) is 14.2. The number of ether oxygens (including phenoxy) is 1. The maximum absolute atomic E-state index is 9.53. The molecule has 0 saturated carbocycles. The number of rotatable bonds is 7. The molecular weight excluding hydrogens is 250 g/mol. The molecule has 2 rings (SSSR count). The highest BCUT2D eigenvalue weighted by atomic mass is 16.5. The van der Waals surface area contributed by atoms with E-state index in [0.29, 0.717) is 0 Å². The van der Waals surface area contributed by atoms with E-state index in [9.17, 15) is 5.11 Å². The second kappa shape index (κ2) is 7.56. The molecule has 1 unspecified atom stereocenters. The predicted octanol–water partition coefficient (Wildman–Crippen LogP) is 3.10. The average molecular weight is 271 g/mol. The summed E-state index contributed by atoms with van der Waals surface area (Å²) in [5, 5.41) is 12.9. The maximum Gasteiger partial charge on any atom is 0.141 e. The van der Waals surface area contributed by atoms with Crippen molar-refractivity contribution in [3.05, 3.63) is 60.2 Å². The van der Waals surface area contributed by atoms with Crippen molar-refractivity contribution < 1.29 is 9.84 Å². The van der Waals surface area contributed by atoms with Crippen molar-refractivity contribution in [3.8, 4) is 5.75 Å². The SMILES string of the molecule is COc1ccccc1NC(CO)CCc1ccccc1. The fourth-order valence-corrected chi connectivity index (χ4v) is 2.18. The molecule has 0 spiro atoms. The van der Waals surface area contributed by atoms with Gasteiger partial charge in [0.05, 0.1) is 19.4 Å². The second-order valence-corrected chi connectivity index (χ2v) is 4.75. The van der Waals surface area contributed by atoms with Gasteiger partial charge in [0, 0.05) is 6.04 Å². The zero-order valence-corrected chi connectivity index (χ0v) is 11.8. The van der Waals surface area contributed by atoms with Crippen LogP contribution in [0.25, 0.3) is 0 Å². The summed E-state index contributed by atoms with van der Waals surface area (Å²) in [5.74, 6) is 0.797. The number of para-hydroxylation sites is 2. The van der Waals surface area contributed by atoms with Crippen LogP contribution < -0.4 is 10.1 Å². The van der Waals surface area contributed by atoms with Crippen LogP contribution in [0.5, 0.6) is 5.75 Å². The van der Waals surface area contributed by atoms with Crippen molar-refractivity contribution in [2.24, 2.45) is 0 Å². The molecule has 0 aliphatic carbocycles. The van der Waals surface area contributed by atoms with Gasteiger partial charge in [-0.15, -0.1) is 0 Å². The van der Waals surface area contributed by atoms with E-state index in [2.05, 4.69) is 17.4 Å². The van der Waals surface area contributed by atoms with Gasteiger partial charge in [0.15, 0.2) is 0 Å². The van der Waals surface area contributed by atoms with Crippen molar-refractivity contribution in [1.82, 2.24) is 0 Å². The number of hydrogen-bond donors (Lipinski definition) is 2. The second-order valence-electron chi connectivity index (χ2n) is 4.75. The summed E-state index contributed by atoms with van der Waals surface area (Å²) in [6.07, 6.45) is 1.81. The summed E-state index contributed by atoms with van der Waals surface area (Å²) in [7, 11) is 1.65. The minimum Gasteiger partial charge on any atom is -0.495 e. The van der Waals surface area contributed by atoms with Gasteiger partial charge in [-0.3, -0.25) is 0 Å². The zero-order valence-electron chi connectivity index (χ0n) is 11.8. The Bertz CT molecular complexity index is 513. The lowest BCUT2D eigenvalue weighted by Gasteiger charge is -2.19. The molecule has 0 aliphatic heterocycles. The molecule has 0 bridgehead atoms. The first kappa shape index (κ1) is 14.4. The van der Waals surface area contributed by atoms with E-state index in [-0.39, 0.29) is 12.6 Å². The lowest BCUT2D eigenvalue weighted by Crippen LogP contribution is -2.24. The van der Waals surface area contributed by atoms with Crippen molar-refractivity contribution in [2.45, 2.75) is 18.9 Å². The van der Waals surface area contributed by atoms with Crippen LogP contribution in [0.4, 0.5) is 5.69 Å². The summed E-state index contributed by atoms with van der Waals surface area (Å²) in [6, 6.07) is 18.1. The first-order valence-electron chi connectivity index (χ1n) is 6.88. The molecule has 2 aromatic rings. The van der Waals surface area contributed by atoms with Gasteiger partial charge < -0.3 is 15.2 Å². The fraction of sp³-hybridized carbons (Fsp3) is 0.294. The minimum absolute atomic E-state index is 0.0199. The van der Waals surface area contributed by atoms with E-state index in [1.54, 1.807) is 7.11 Å². The van der Waals surface area contributed by atoms with E-state index in [0.717, 1.165) is 24.3 Å². The summed E-state index contributed by atoms with van der Waals surface area (Å²) in [4.78, 5) is 0. The Hall–Kier alpha value is -2.00. The highest BCUT2D eigenvalue weighted by Gasteiger charge is 2.10. The van der Waals surface area contributed by atoms with Crippen LogP contribution in [0.15, 0.2) is 54.6 Å². The summed E-state index contributed by atoms with van der Waals surface area (Å²) in [5.41, 5.74) is 2.20. The standard InChI is InChI=1S/C17H21NO2/c1-20-17-10-6-5-9-16(17)18-15(13-19)12-11-14-7-3-2-4-8-14/h2-10,15,18-19H,11-13H2,1H3. The van der Waals surface area contributed by atoms with Crippen LogP contribution in [-0.4, -0.2) is 24.9 Å². The molecule has 0 aliphatic rings. The molecule has 0 fully saturated rings. The number of aryl methyl sites for hydroxylation is 1. The van der Waals surface area contributed by atoms with Gasteiger partial charge in [-0.2, -0.15) is 0 Å². The molecule has 20 heavy (non-hydrogen) atoms. The Morgan fingerprint density at radius 3 is 2.45 bits per heavy atom. The van der Waals surface area contributed by atoms with Gasteiger partial charge in [-0.05, 0) is 30.5 Å². The Morgan fingerprint density at radius 2 is 1.75 bits per heavy atom. The van der Waals surface area contributed by atoms with E-state index >= 15 is 0 Å². The quantitative estimate of drug-likeness (QED) is 0.813. The Kier molecular flexibility index (Phi) is 5.44. The van der Waals surface area contributed by atoms with E-state index in [1.807, 2.05) is 42.5 Å². The molecule has 2 aromatic carbocycles. The number of methoxy groups -OCH3 is 1. The van der Waals surface area contributed by atoms with Gasteiger partial charge in [0.1, 0.15) is 5.75 Å². The molecular formula is C17H21NO2. The van der Waals surface area contributed by atoms with Gasteiger partial charge in [0.25, 0.3) is 0 Å². The molecule has 0 radical (unpaired) electrons. The summed E-state index contributed by atoms with van der Waals surface area (Å²) >= 11 is 0. The number of aliphatic hydroxyl groups excluding tert-OH is 1. The lowest BCUT2D eigenvalue weighted by atomic mass is 10.1. The number of nitrogens with one attached hydrogen (secondary N) is 1. The molecule has 0 aromatic heterocycles. The van der Waals surface area contributed by atoms with Gasteiger partial charge >= 0.3 is 0 Å². The van der Waals surface area contributed by atoms with Crippen LogP contribution in [0.3, 0.4) is 0 Å². The molecule has 3 nitrogen and oxygen atoms in total. The molecule has 3 heteroatoms. The third kappa shape index (κ3) is 4.00. The molecule has 1 atom stereocenters. The molecule has 106 valence electrons. The van der Waals surface area contributed by atoms with Crippen LogP contribution in [0.1, 0.15) is 12.0 Å². The van der Waals surface area contributed by atoms with Crippen molar-refractivity contribution in [1.29, 1.82) is 0 Å². The number of hydrogen-bond acceptors (Lipinski definition) is 3. The van der Waals surface area contributed by atoms with Gasteiger partial charge in [-0.25, -0.2) is 0 Å². The van der Waals surface area contributed by atoms with Crippen LogP contribution in [-0.2, 0) is 6.42 Å². The van der Waals surface area contributed by atoms with Crippen molar-refractivity contribution in [2.75, 3.05) is 19.0 Å². The highest BCUT2D eigenvalue weighted by Crippen LogP contribution is 2.24. The molecule has 2 N–H and O–H groups in total. The van der Waals surface area contributed by atoms with Crippen LogP contribution in [0, 0.1) is 0 Å². The minimum atomic E-state index is 0.0199. The Balaban J connectivity index is 1.95. The number of aliphatic hydroxyl groups is 1. The van der Waals surface area contributed by atoms with Gasteiger partial charge in [0.2, 0.25) is 0 Å². The Morgan fingerprint density at radius 1 is 1.05 bits per heavy atom. The largest absolute Gasteiger partial charge is 0.495 e. The van der Waals surface area contributed by atoms with E-state index < -0.39 is 0 Å². The number of anilines is 1. The molecule has 0 saturated heterocycles.